The monoisotopic (exact) mass is 1060 g/mol. The van der Waals surface area contributed by atoms with Gasteiger partial charge >= 0.3 is 0 Å². The summed E-state index contributed by atoms with van der Waals surface area (Å²) in [6, 6.07) is 100. The summed E-state index contributed by atoms with van der Waals surface area (Å²) in [5.74, 6) is 1.56. The van der Waals surface area contributed by atoms with Gasteiger partial charge in [-0.05, 0) is 99.1 Å². The van der Waals surface area contributed by atoms with E-state index in [1.54, 1.807) is 0 Å². The topological polar surface area (TPSA) is 85.5 Å². The normalized spacial score (nSPS) is 11.6. The Kier molecular flexibility index (Phi) is 11.1. The molecule has 0 atom stereocenters. The second kappa shape index (κ2) is 19.4. The van der Waals surface area contributed by atoms with Gasteiger partial charge in [-0.2, -0.15) is 5.26 Å². The lowest BCUT2D eigenvalue weighted by molar-refractivity contribution is 0.669. The molecular formula is C76H46N6O. The van der Waals surface area contributed by atoms with Crippen LogP contribution in [-0.2, 0) is 0 Å². The molecule has 0 radical (unpaired) electrons. The van der Waals surface area contributed by atoms with Gasteiger partial charge in [-0.25, -0.2) is 15.0 Å². The molecular weight excluding hydrogens is 1010 g/mol. The van der Waals surface area contributed by atoms with E-state index in [9.17, 15) is 5.26 Å². The van der Waals surface area contributed by atoms with Crippen LogP contribution in [0.25, 0.3) is 156 Å². The van der Waals surface area contributed by atoms with Crippen molar-refractivity contribution in [2.75, 3.05) is 0 Å². The Labute approximate surface area is 477 Å². The first-order valence-electron chi connectivity index (χ1n) is 27.8. The summed E-state index contributed by atoms with van der Waals surface area (Å²) in [6.07, 6.45) is 0. The third-order valence-corrected chi connectivity index (χ3v) is 16.2. The predicted octanol–water partition coefficient (Wildman–Crippen LogP) is 19.5. The Morgan fingerprint density at radius 3 is 1.02 bits per heavy atom. The van der Waals surface area contributed by atoms with Crippen molar-refractivity contribution in [2.24, 2.45) is 0 Å². The Morgan fingerprint density at radius 2 is 0.651 bits per heavy atom. The van der Waals surface area contributed by atoms with Crippen LogP contribution < -0.4 is 0 Å². The molecule has 0 saturated heterocycles. The Bertz CT molecular complexity index is 4990. The molecule has 12 aromatic carbocycles. The van der Waals surface area contributed by atoms with Gasteiger partial charge in [0, 0.05) is 44.1 Å². The third kappa shape index (κ3) is 7.92. The van der Waals surface area contributed by atoms with Gasteiger partial charge in [0.2, 0.25) is 0 Å². The molecule has 0 fully saturated rings. The molecule has 0 aliphatic heterocycles. The second-order valence-electron chi connectivity index (χ2n) is 21.0. The molecule has 83 heavy (non-hydrogen) atoms. The van der Waals surface area contributed by atoms with Gasteiger partial charge in [-0.3, -0.25) is 0 Å². The van der Waals surface area contributed by atoms with E-state index in [1.807, 2.05) is 72.8 Å². The van der Waals surface area contributed by atoms with E-state index in [4.69, 9.17) is 19.4 Å². The molecule has 4 aromatic heterocycles. The molecule has 0 saturated carbocycles. The van der Waals surface area contributed by atoms with Gasteiger partial charge < -0.3 is 13.6 Å². The summed E-state index contributed by atoms with van der Waals surface area (Å²) in [5.41, 5.74) is 18.3. The van der Waals surface area contributed by atoms with Crippen LogP contribution in [0, 0.1) is 11.3 Å². The Balaban J connectivity index is 1.06. The van der Waals surface area contributed by atoms with Crippen LogP contribution in [0.5, 0.6) is 0 Å². The zero-order valence-electron chi connectivity index (χ0n) is 44.6. The average Bonchev–Trinajstić information content (AvgIpc) is 1.81. The minimum Gasteiger partial charge on any atom is -0.455 e. The van der Waals surface area contributed by atoms with E-state index in [0.29, 0.717) is 39.8 Å². The SMILES string of the molecule is N#Cc1cc2oc3c(-c4nc(-c5ccccc5)nc(-c5ccccc5)n4)cccc3c2c(-n2c3ccc(-c4ccccc4)cc3c3cc(-c4ccccc4)ccc32)c1-n1c2ccc(-c3ccccc3)cc2c2cc(-c3ccccc3)ccc21. The van der Waals surface area contributed by atoms with Gasteiger partial charge in [0.1, 0.15) is 17.2 Å². The molecule has 0 unspecified atom stereocenters. The van der Waals surface area contributed by atoms with Crippen LogP contribution in [0.3, 0.4) is 0 Å². The number of furan rings is 1. The molecule has 0 spiro atoms. The fourth-order valence-electron chi connectivity index (χ4n) is 12.3. The average molecular weight is 1060 g/mol. The number of fused-ring (bicyclic) bond motifs is 9. The highest BCUT2D eigenvalue weighted by atomic mass is 16.3. The first-order valence-corrected chi connectivity index (χ1v) is 27.8. The van der Waals surface area contributed by atoms with E-state index in [0.717, 1.165) is 121 Å². The van der Waals surface area contributed by atoms with Gasteiger partial charge in [-0.1, -0.05) is 218 Å². The fourth-order valence-corrected chi connectivity index (χ4v) is 12.3. The Hall–Kier alpha value is -11.5. The quantitative estimate of drug-likeness (QED) is 0.144. The zero-order valence-corrected chi connectivity index (χ0v) is 44.6. The van der Waals surface area contributed by atoms with Crippen molar-refractivity contribution in [2.45, 2.75) is 0 Å². The van der Waals surface area contributed by atoms with Crippen LogP contribution in [0.4, 0.5) is 0 Å². The van der Waals surface area contributed by atoms with Gasteiger partial charge in [0.25, 0.3) is 0 Å². The largest absolute Gasteiger partial charge is 0.455 e. The summed E-state index contributed by atoms with van der Waals surface area (Å²) in [7, 11) is 0. The van der Waals surface area contributed by atoms with Crippen LogP contribution in [-0.4, -0.2) is 24.1 Å². The van der Waals surface area contributed by atoms with Crippen molar-refractivity contribution in [3.8, 4) is 96.1 Å². The number of hydrogen-bond donors (Lipinski definition) is 0. The molecule has 0 bridgehead atoms. The van der Waals surface area contributed by atoms with Crippen molar-refractivity contribution >= 4 is 65.6 Å². The van der Waals surface area contributed by atoms with Gasteiger partial charge in [0.15, 0.2) is 17.5 Å². The van der Waals surface area contributed by atoms with E-state index in [2.05, 4.69) is 221 Å². The minimum absolute atomic E-state index is 0.445. The van der Waals surface area contributed by atoms with Crippen molar-refractivity contribution in [1.82, 2.24) is 24.1 Å². The van der Waals surface area contributed by atoms with E-state index in [1.165, 1.54) is 0 Å². The molecule has 16 aromatic rings. The van der Waals surface area contributed by atoms with Crippen LogP contribution in [0.2, 0.25) is 0 Å². The maximum atomic E-state index is 11.9. The van der Waals surface area contributed by atoms with Crippen LogP contribution in [0.15, 0.2) is 283 Å². The predicted molar refractivity (Wildman–Crippen MR) is 339 cm³/mol. The number of para-hydroxylation sites is 1. The summed E-state index contributed by atoms with van der Waals surface area (Å²) in [4.78, 5) is 15.5. The highest BCUT2D eigenvalue weighted by molar-refractivity contribution is 6.20. The van der Waals surface area contributed by atoms with Gasteiger partial charge in [0.05, 0.1) is 50.0 Å². The smallest absolute Gasteiger partial charge is 0.167 e. The third-order valence-electron chi connectivity index (χ3n) is 16.2. The summed E-state index contributed by atoms with van der Waals surface area (Å²) < 4.78 is 12.0. The van der Waals surface area contributed by atoms with Crippen molar-refractivity contribution in [3.05, 3.63) is 285 Å². The highest BCUT2D eigenvalue weighted by Gasteiger charge is 2.29. The van der Waals surface area contributed by atoms with E-state index < -0.39 is 0 Å². The summed E-state index contributed by atoms with van der Waals surface area (Å²) in [6.45, 7) is 0. The first kappa shape index (κ1) is 47.5. The molecule has 7 heteroatoms. The molecule has 386 valence electrons. The van der Waals surface area contributed by atoms with Gasteiger partial charge in [-0.15, -0.1) is 0 Å². The molecule has 0 aliphatic carbocycles. The minimum atomic E-state index is 0.445. The van der Waals surface area contributed by atoms with Crippen LogP contribution >= 0.6 is 0 Å². The number of nitriles is 1. The zero-order chi connectivity index (χ0) is 55.0. The van der Waals surface area contributed by atoms with E-state index in [-0.39, 0.29) is 0 Å². The number of aromatic nitrogens is 5. The number of rotatable bonds is 9. The first-order chi connectivity index (χ1) is 41.1. The highest BCUT2D eigenvalue weighted by Crippen LogP contribution is 2.48. The number of hydrogen-bond acceptors (Lipinski definition) is 5. The lowest BCUT2D eigenvalue weighted by Gasteiger charge is -2.20. The number of nitrogens with zero attached hydrogens (tertiary/aromatic N) is 6. The Morgan fingerprint density at radius 1 is 0.301 bits per heavy atom. The molecule has 0 N–H and O–H groups in total. The molecule has 0 amide bonds. The molecule has 16 rings (SSSR count). The van der Waals surface area contributed by atoms with E-state index >= 15 is 0 Å². The molecule has 4 heterocycles. The fraction of sp³-hybridized carbons (Fsp3) is 0. The summed E-state index contributed by atoms with van der Waals surface area (Å²) >= 11 is 0. The molecule has 7 nitrogen and oxygen atoms in total. The van der Waals surface area contributed by atoms with Crippen LogP contribution in [0.1, 0.15) is 5.56 Å². The summed E-state index contributed by atoms with van der Waals surface area (Å²) in [5, 5.41) is 17.9. The maximum absolute atomic E-state index is 11.9. The van der Waals surface area contributed by atoms with Crippen molar-refractivity contribution in [3.63, 3.8) is 0 Å². The lowest BCUT2D eigenvalue weighted by atomic mass is 10.0. The lowest BCUT2D eigenvalue weighted by Crippen LogP contribution is -2.07. The maximum Gasteiger partial charge on any atom is 0.167 e. The second-order valence-corrected chi connectivity index (χ2v) is 21.0. The van der Waals surface area contributed by atoms with Crippen molar-refractivity contribution in [1.29, 1.82) is 5.26 Å². The number of benzene rings is 12. The standard InChI is InChI=1S/C76H46N6O/c77-47-58-46-69-70(59-32-19-33-60(73(59)83-69)76-79-74(52-28-15-5-16-29-52)78-75(80-76)53-30-17-6-18-31-53)72(82-67-40-36-56(50-24-11-3-12-25-50)44-63(67)64-45-57(37-41-68(64)82)51-26-13-4-14-27-51)71(58)81-65-38-34-54(48-20-7-1-8-21-48)42-61(65)62-43-55(35-39-66(62)81)49-22-9-2-10-23-49/h1-46H. The van der Waals surface area contributed by atoms with Crippen molar-refractivity contribution < 1.29 is 4.42 Å². The molecule has 0 aliphatic rings.